The zero-order chi connectivity index (χ0) is 28.0. The molecule has 0 spiro atoms. The number of nitrogens with one attached hydrogen (secondary N) is 2. The maximum absolute atomic E-state index is 6.72. The summed E-state index contributed by atoms with van der Waals surface area (Å²) in [5.41, 5.74) is 3.43. The van der Waals surface area contributed by atoms with Gasteiger partial charge in [-0.1, -0.05) is 40.5 Å². The van der Waals surface area contributed by atoms with E-state index in [0.717, 1.165) is 58.9 Å². The highest BCUT2D eigenvalue weighted by Gasteiger charge is 2.39. The monoisotopic (exact) mass is 538 g/mol. The number of methoxy groups -OCH3 is 2. The second-order valence-electron chi connectivity index (χ2n) is 11.8. The molecule has 2 heterocycles. The van der Waals surface area contributed by atoms with E-state index in [9.17, 15) is 0 Å². The number of hydrogen-bond donors (Lipinski definition) is 2. The molecule has 0 aliphatic carbocycles. The largest absolute Gasteiger partial charge is 0.497 e. The molecule has 0 fully saturated rings. The minimum absolute atomic E-state index is 0.156. The van der Waals surface area contributed by atoms with E-state index in [2.05, 4.69) is 69.4 Å². The molecule has 208 valence electrons. The van der Waals surface area contributed by atoms with Gasteiger partial charge in [0.25, 0.3) is 0 Å². The zero-order valence-corrected chi connectivity index (χ0v) is 25.7. The fourth-order valence-corrected chi connectivity index (χ4v) is 5.16. The van der Waals surface area contributed by atoms with E-state index in [4.69, 9.17) is 18.9 Å². The summed E-state index contributed by atoms with van der Waals surface area (Å²) in [5.74, 6) is 2.31. The normalized spacial score (nSPS) is 13.7. The molecule has 0 aliphatic heterocycles. The summed E-state index contributed by atoms with van der Waals surface area (Å²) >= 11 is 0. The van der Waals surface area contributed by atoms with Gasteiger partial charge in [0.1, 0.15) is 22.8 Å². The van der Waals surface area contributed by atoms with Gasteiger partial charge in [0, 0.05) is 30.4 Å². The number of pyridine rings is 2. The first-order valence-corrected chi connectivity index (χ1v) is 16.4. The summed E-state index contributed by atoms with van der Waals surface area (Å²) in [5, 5.41) is 7.49. The van der Waals surface area contributed by atoms with Crippen LogP contribution in [0.25, 0.3) is 11.0 Å². The van der Waals surface area contributed by atoms with Crippen molar-refractivity contribution in [2.24, 2.45) is 0 Å². The Bertz CT molecular complexity index is 1210. The van der Waals surface area contributed by atoms with Crippen molar-refractivity contribution in [1.82, 2.24) is 9.97 Å². The minimum atomic E-state index is -1.90. The van der Waals surface area contributed by atoms with Gasteiger partial charge >= 0.3 is 0 Å². The highest BCUT2D eigenvalue weighted by molar-refractivity contribution is 6.74. The smallest absolute Gasteiger partial charge is 0.192 e. The van der Waals surface area contributed by atoms with Gasteiger partial charge in [-0.15, -0.1) is 0 Å². The SMILES string of the molecule is CCCC[C@](C)(CO[Si](C)(C)C(C)(C)C)Nc1cc(NCc2ccc(OC)cc2OC)nc2cccnc12. The second-order valence-corrected chi connectivity index (χ2v) is 16.6. The number of aromatic nitrogens is 2. The Morgan fingerprint density at radius 1 is 1.00 bits per heavy atom. The topological polar surface area (TPSA) is 77.5 Å². The van der Waals surface area contributed by atoms with E-state index in [-0.39, 0.29) is 10.6 Å². The molecule has 0 amide bonds. The summed E-state index contributed by atoms with van der Waals surface area (Å²) in [6, 6.07) is 11.8. The van der Waals surface area contributed by atoms with Crippen LogP contribution in [0.3, 0.4) is 0 Å². The molecular weight excluding hydrogens is 492 g/mol. The number of unbranched alkanes of at least 4 members (excludes halogenated alkanes) is 1. The highest BCUT2D eigenvalue weighted by Crippen LogP contribution is 2.38. The van der Waals surface area contributed by atoms with E-state index < -0.39 is 8.32 Å². The Morgan fingerprint density at radius 2 is 1.76 bits per heavy atom. The Hall–Kier alpha value is -2.84. The molecule has 0 unspecified atom stereocenters. The lowest BCUT2D eigenvalue weighted by molar-refractivity contribution is 0.214. The predicted molar refractivity (Wildman–Crippen MR) is 161 cm³/mol. The fraction of sp³-hybridized carbons (Fsp3) is 0.533. The van der Waals surface area contributed by atoms with Crippen LogP contribution in [0, 0.1) is 0 Å². The number of benzene rings is 1. The van der Waals surface area contributed by atoms with E-state index >= 15 is 0 Å². The molecule has 2 N–H and O–H groups in total. The van der Waals surface area contributed by atoms with Gasteiger partial charge in [-0.25, -0.2) is 4.98 Å². The summed E-state index contributed by atoms with van der Waals surface area (Å²) in [6.07, 6.45) is 5.06. The van der Waals surface area contributed by atoms with E-state index in [1.54, 1.807) is 14.2 Å². The van der Waals surface area contributed by atoms with Crippen molar-refractivity contribution in [3.8, 4) is 11.5 Å². The maximum atomic E-state index is 6.72. The summed E-state index contributed by atoms with van der Waals surface area (Å²) in [4.78, 5) is 9.53. The fourth-order valence-electron chi connectivity index (χ4n) is 4.05. The van der Waals surface area contributed by atoms with E-state index in [1.165, 1.54) is 0 Å². The van der Waals surface area contributed by atoms with Crippen molar-refractivity contribution in [3.05, 3.63) is 48.2 Å². The number of ether oxygens (including phenoxy) is 2. The molecule has 8 heteroatoms. The van der Waals surface area contributed by atoms with Gasteiger partial charge in [0.2, 0.25) is 0 Å². The molecule has 7 nitrogen and oxygen atoms in total. The second kappa shape index (κ2) is 12.3. The van der Waals surface area contributed by atoms with E-state index in [1.807, 2.05) is 36.5 Å². The van der Waals surface area contributed by atoms with Crippen LogP contribution in [0.4, 0.5) is 11.5 Å². The lowest BCUT2D eigenvalue weighted by Gasteiger charge is -2.41. The van der Waals surface area contributed by atoms with Crippen LogP contribution in [0.2, 0.25) is 18.1 Å². The van der Waals surface area contributed by atoms with Gasteiger partial charge in [-0.2, -0.15) is 0 Å². The third-order valence-electron chi connectivity index (χ3n) is 7.59. The Kier molecular flexibility index (Phi) is 9.65. The van der Waals surface area contributed by atoms with Gasteiger partial charge in [-0.05, 0) is 55.7 Å². The van der Waals surface area contributed by atoms with Crippen molar-refractivity contribution in [2.75, 3.05) is 31.5 Å². The number of nitrogens with zero attached hydrogens (tertiary/aromatic N) is 2. The van der Waals surface area contributed by atoms with Gasteiger partial charge < -0.3 is 24.5 Å². The first-order chi connectivity index (χ1) is 17.9. The first kappa shape index (κ1) is 29.7. The lowest BCUT2D eigenvalue weighted by atomic mass is 9.95. The number of anilines is 2. The van der Waals surface area contributed by atoms with Crippen LogP contribution in [0.1, 0.15) is 59.4 Å². The van der Waals surface area contributed by atoms with Crippen molar-refractivity contribution in [1.29, 1.82) is 0 Å². The molecule has 0 radical (unpaired) electrons. The third-order valence-corrected chi connectivity index (χ3v) is 12.1. The molecule has 3 rings (SSSR count). The molecule has 0 aliphatic rings. The van der Waals surface area contributed by atoms with Gasteiger partial charge in [-0.3, -0.25) is 4.98 Å². The molecule has 2 aromatic heterocycles. The van der Waals surface area contributed by atoms with Crippen LogP contribution in [0.5, 0.6) is 11.5 Å². The molecule has 0 saturated carbocycles. The third kappa shape index (κ3) is 7.38. The quantitative estimate of drug-likeness (QED) is 0.216. The molecule has 38 heavy (non-hydrogen) atoms. The molecule has 3 aromatic rings. The van der Waals surface area contributed by atoms with Crippen LogP contribution < -0.4 is 20.1 Å². The Morgan fingerprint density at radius 3 is 2.42 bits per heavy atom. The maximum Gasteiger partial charge on any atom is 0.192 e. The van der Waals surface area contributed by atoms with Crippen molar-refractivity contribution in [2.45, 2.75) is 84.1 Å². The van der Waals surface area contributed by atoms with Gasteiger partial charge in [0.15, 0.2) is 8.32 Å². The van der Waals surface area contributed by atoms with Crippen LogP contribution >= 0.6 is 0 Å². The number of hydrogen-bond acceptors (Lipinski definition) is 7. The zero-order valence-electron chi connectivity index (χ0n) is 24.7. The number of fused-ring (bicyclic) bond motifs is 1. The molecule has 0 bridgehead atoms. The van der Waals surface area contributed by atoms with Crippen LogP contribution in [0.15, 0.2) is 42.6 Å². The predicted octanol–water partition coefficient (Wildman–Crippen LogP) is 7.64. The Balaban J connectivity index is 1.90. The standard InChI is InChI=1S/C30H46N4O3Si/c1-10-11-16-30(5,21-37-38(8,9)29(2,3)4)34-25-19-27(33-24-13-12-17-31-28(24)25)32-20-22-14-15-23(35-6)18-26(22)36-7/h12-15,17-19H,10-11,16,20-21H2,1-9H3,(H2,32,33,34)/t30-/m1/s1. The average molecular weight is 539 g/mol. The minimum Gasteiger partial charge on any atom is -0.497 e. The Labute approximate surface area is 229 Å². The summed E-state index contributed by atoms with van der Waals surface area (Å²) in [7, 11) is 1.42. The summed E-state index contributed by atoms with van der Waals surface area (Å²) < 4.78 is 17.6. The summed E-state index contributed by atoms with van der Waals surface area (Å²) in [6.45, 7) is 17.2. The van der Waals surface area contributed by atoms with E-state index in [0.29, 0.717) is 13.2 Å². The first-order valence-electron chi connectivity index (χ1n) is 13.5. The van der Waals surface area contributed by atoms with Crippen molar-refractivity contribution < 1.29 is 13.9 Å². The lowest BCUT2D eigenvalue weighted by Crippen LogP contribution is -2.48. The van der Waals surface area contributed by atoms with Crippen LogP contribution in [-0.4, -0.2) is 44.7 Å². The molecule has 1 atom stereocenters. The van der Waals surface area contributed by atoms with Crippen molar-refractivity contribution in [3.63, 3.8) is 0 Å². The average Bonchev–Trinajstić information content (AvgIpc) is 2.89. The van der Waals surface area contributed by atoms with Gasteiger partial charge in [0.05, 0.1) is 37.6 Å². The molecule has 1 aromatic carbocycles. The van der Waals surface area contributed by atoms with Crippen LogP contribution in [-0.2, 0) is 11.0 Å². The highest BCUT2D eigenvalue weighted by atomic mass is 28.4. The molecule has 0 saturated heterocycles. The number of rotatable bonds is 13. The van der Waals surface area contributed by atoms with Crippen molar-refractivity contribution >= 4 is 30.9 Å². The molecular formula is C30H46N4O3Si.